The van der Waals surface area contributed by atoms with Crippen molar-refractivity contribution in [3.8, 4) is 33.6 Å². The molecule has 0 bridgehead atoms. The Bertz CT molecular complexity index is 2070. The number of H-pyrrole nitrogens is 2. The molecule has 1 unspecified atom stereocenters. The molecule has 0 radical (unpaired) electrons. The van der Waals surface area contributed by atoms with Gasteiger partial charge in [0.15, 0.2) is 0 Å². The minimum Gasteiger partial charge on any atom is -0.453 e. The van der Waals surface area contributed by atoms with E-state index in [2.05, 4.69) is 111 Å². The summed E-state index contributed by atoms with van der Waals surface area (Å²) in [6.45, 7) is 13.2. The number of aromatic amines is 2. The molecule has 0 saturated heterocycles. The van der Waals surface area contributed by atoms with Crippen molar-refractivity contribution in [2.75, 3.05) is 41.4 Å². The number of methoxy groups -OCH3 is 2. The van der Waals surface area contributed by atoms with E-state index in [1.54, 1.807) is 20.3 Å². The summed E-state index contributed by atoms with van der Waals surface area (Å²) in [6.07, 6.45) is 4.95. The molecule has 2 aliphatic rings. The monoisotopic (exact) mass is 796 g/mol. The van der Waals surface area contributed by atoms with E-state index in [1.807, 2.05) is 6.20 Å². The zero-order chi connectivity index (χ0) is 42.2. The lowest BCUT2D eigenvalue weighted by Gasteiger charge is -2.35. The fraction of sp³-hybridized carbons (Fsp3) is 0.523. The van der Waals surface area contributed by atoms with Crippen molar-refractivity contribution in [3.05, 3.63) is 72.6 Å². The fourth-order valence-corrected chi connectivity index (χ4v) is 7.65. The van der Waals surface area contributed by atoms with Crippen LogP contribution in [0.2, 0.25) is 0 Å². The van der Waals surface area contributed by atoms with E-state index in [1.165, 1.54) is 24.0 Å². The van der Waals surface area contributed by atoms with Gasteiger partial charge in [0.05, 0.1) is 55.5 Å². The molecule has 0 spiro atoms. The average Bonchev–Trinajstić information content (AvgIpc) is 4.04. The second kappa shape index (κ2) is 16.2. The summed E-state index contributed by atoms with van der Waals surface area (Å²) < 4.78 is 9.70. The molecule has 3 atom stereocenters. The Hall–Kier alpha value is -5.21. The minimum absolute atomic E-state index is 0.0874. The van der Waals surface area contributed by atoms with Crippen LogP contribution >= 0.6 is 0 Å². The number of ether oxygens (including phenoxy) is 2. The Morgan fingerprint density at radius 2 is 1.12 bits per heavy atom. The van der Waals surface area contributed by atoms with Crippen LogP contribution in [0, 0.1) is 21.7 Å². The first kappa shape index (κ1) is 42.4. The third kappa shape index (κ3) is 9.23. The SMILES string of the molecule is COC(=O)N(C)CC1(C(=O)N[C@H](c2ncc(-c3ccc(-c4ccc(-c5cnc([C@@H](NC(O)C6(CN(C)C(=O)OC)CC6)C(C)(C)C)[nH]5)cc4)cc3)[nH]2)C(C)(C)C)CC1. The van der Waals surface area contributed by atoms with Crippen molar-refractivity contribution in [1.82, 2.24) is 40.4 Å². The van der Waals surface area contributed by atoms with Crippen LogP contribution in [0.5, 0.6) is 0 Å². The van der Waals surface area contributed by atoms with Crippen molar-refractivity contribution in [1.29, 1.82) is 0 Å². The van der Waals surface area contributed by atoms with Crippen LogP contribution in [0.3, 0.4) is 0 Å². The number of nitrogens with one attached hydrogen (secondary N) is 4. The van der Waals surface area contributed by atoms with Crippen molar-refractivity contribution < 1.29 is 29.0 Å². The third-order valence-corrected chi connectivity index (χ3v) is 11.7. The summed E-state index contributed by atoms with van der Waals surface area (Å²) in [5.74, 6) is 1.31. The number of aliphatic hydroxyl groups is 1. The van der Waals surface area contributed by atoms with Crippen molar-refractivity contribution in [3.63, 3.8) is 0 Å². The van der Waals surface area contributed by atoms with E-state index in [0.717, 1.165) is 52.3 Å². The molecule has 2 fully saturated rings. The summed E-state index contributed by atoms with van der Waals surface area (Å²) >= 11 is 0. The highest BCUT2D eigenvalue weighted by Crippen LogP contribution is 2.50. The van der Waals surface area contributed by atoms with E-state index < -0.39 is 29.2 Å². The molecule has 3 amide bonds. The number of nitrogens with zero attached hydrogens (tertiary/aromatic N) is 4. The molecule has 14 heteroatoms. The Morgan fingerprint density at radius 1 is 0.707 bits per heavy atom. The number of imidazole rings is 2. The zero-order valence-electron chi connectivity index (χ0n) is 35.5. The van der Waals surface area contributed by atoms with E-state index in [9.17, 15) is 19.5 Å². The maximum atomic E-state index is 13.6. The van der Waals surface area contributed by atoms with Gasteiger partial charge in [-0.3, -0.25) is 10.1 Å². The van der Waals surface area contributed by atoms with Crippen LogP contribution in [-0.4, -0.2) is 101 Å². The number of amides is 3. The van der Waals surface area contributed by atoms with Crippen LogP contribution in [0.1, 0.15) is 91.0 Å². The number of aliphatic hydroxyl groups excluding tert-OH is 1. The van der Waals surface area contributed by atoms with Crippen LogP contribution < -0.4 is 10.6 Å². The molecule has 2 aromatic carbocycles. The molecule has 2 heterocycles. The van der Waals surface area contributed by atoms with Crippen LogP contribution in [0.4, 0.5) is 9.59 Å². The maximum Gasteiger partial charge on any atom is 0.409 e. The normalized spacial score (nSPS) is 17.1. The van der Waals surface area contributed by atoms with Gasteiger partial charge in [-0.2, -0.15) is 0 Å². The number of aromatic nitrogens is 4. The smallest absolute Gasteiger partial charge is 0.409 e. The number of carbonyl (C=O) groups excluding carboxylic acids is 3. The zero-order valence-corrected chi connectivity index (χ0v) is 35.5. The standard InChI is InChI=1S/C44H60N8O6/c1-41(2,3)33(49-37(53)43(19-20-43)25-51(7)39(55)57-9)35-45-23-31(47-35)29-15-11-27(12-16-29)28-13-17-30(18-14-28)32-24-46-36(48-32)34(42(4,5)6)50-38(54)44(21-22-44)26-52(8)40(56)58-10/h11-18,23-24,33-34,37,49,53H,19-22,25-26H2,1-10H3,(H,45,47)(H,46,48)(H,50,54)/t33-,34-,37?/m1/s1. The van der Waals surface area contributed by atoms with Gasteiger partial charge in [-0.15, -0.1) is 0 Å². The molecule has 312 valence electrons. The summed E-state index contributed by atoms with van der Waals surface area (Å²) in [4.78, 5) is 57.0. The lowest BCUT2D eigenvalue weighted by Crippen LogP contribution is -2.48. The molecule has 2 saturated carbocycles. The van der Waals surface area contributed by atoms with Gasteiger partial charge in [-0.1, -0.05) is 90.1 Å². The second-order valence-corrected chi connectivity index (χ2v) is 18.5. The molecule has 4 aromatic rings. The Kier molecular flexibility index (Phi) is 11.8. The molecule has 14 nitrogen and oxygen atoms in total. The highest BCUT2D eigenvalue weighted by atomic mass is 16.5. The molecule has 2 aromatic heterocycles. The lowest BCUT2D eigenvalue weighted by molar-refractivity contribution is -0.128. The first-order chi connectivity index (χ1) is 27.3. The number of rotatable bonds is 14. The van der Waals surface area contributed by atoms with Crippen molar-refractivity contribution in [2.24, 2.45) is 21.7 Å². The first-order valence-electron chi connectivity index (χ1n) is 19.9. The quantitative estimate of drug-likeness (QED) is 0.0820. The molecule has 2 aliphatic carbocycles. The van der Waals surface area contributed by atoms with Gasteiger partial charge in [0.1, 0.15) is 17.9 Å². The van der Waals surface area contributed by atoms with Gasteiger partial charge in [0.2, 0.25) is 5.91 Å². The predicted molar refractivity (Wildman–Crippen MR) is 222 cm³/mol. The van der Waals surface area contributed by atoms with E-state index in [-0.39, 0.29) is 28.8 Å². The highest BCUT2D eigenvalue weighted by Gasteiger charge is 2.53. The van der Waals surface area contributed by atoms with Gasteiger partial charge < -0.3 is 39.7 Å². The number of carbonyl (C=O) groups is 3. The largest absolute Gasteiger partial charge is 0.453 e. The van der Waals surface area contributed by atoms with Gasteiger partial charge in [0.25, 0.3) is 0 Å². The average molecular weight is 797 g/mol. The number of hydrogen-bond acceptors (Lipinski definition) is 9. The molecule has 5 N–H and O–H groups in total. The third-order valence-electron chi connectivity index (χ3n) is 11.7. The summed E-state index contributed by atoms with van der Waals surface area (Å²) in [5, 5.41) is 18.0. The van der Waals surface area contributed by atoms with Crippen molar-refractivity contribution >= 4 is 18.1 Å². The molecular formula is C44H60N8O6. The molecule has 0 aliphatic heterocycles. The Labute approximate surface area is 341 Å². The van der Waals surface area contributed by atoms with E-state index in [4.69, 9.17) is 19.4 Å². The van der Waals surface area contributed by atoms with Crippen LogP contribution in [0.15, 0.2) is 60.9 Å². The van der Waals surface area contributed by atoms with E-state index >= 15 is 0 Å². The van der Waals surface area contributed by atoms with Gasteiger partial charge in [0, 0.05) is 32.6 Å². The predicted octanol–water partition coefficient (Wildman–Crippen LogP) is 7.29. The Balaban J connectivity index is 1.11. The summed E-state index contributed by atoms with van der Waals surface area (Å²) in [6, 6.07) is 15.9. The number of benzene rings is 2. The Morgan fingerprint density at radius 3 is 1.52 bits per heavy atom. The van der Waals surface area contributed by atoms with E-state index in [0.29, 0.717) is 31.8 Å². The highest BCUT2D eigenvalue weighted by molar-refractivity contribution is 5.86. The topological polar surface area (TPSA) is 178 Å². The summed E-state index contributed by atoms with van der Waals surface area (Å²) in [5.41, 5.74) is 4.13. The van der Waals surface area contributed by atoms with Gasteiger partial charge in [-0.05, 0) is 58.8 Å². The molecule has 58 heavy (non-hydrogen) atoms. The second-order valence-electron chi connectivity index (χ2n) is 18.5. The maximum absolute atomic E-state index is 13.6. The summed E-state index contributed by atoms with van der Waals surface area (Å²) in [7, 11) is 6.03. The fourth-order valence-electron chi connectivity index (χ4n) is 7.65. The van der Waals surface area contributed by atoms with Crippen LogP contribution in [-0.2, 0) is 14.3 Å². The molecule has 6 rings (SSSR count). The first-order valence-corrected chi connectivity index (χ1v) is 19.9. The van der Waals surface area contributed by atoms with Crippen molar-refractivity contribution in [2.45, 2.75) is 85.5 Å². The van der Waals surface area contributed by atoms with Crippen LogP contribution in [0.25, 0.3) is 33.6 Å². The van der Waals surface area contributed by atoms with Gasteiger partial charge in [-0.25, -0.2) is 19.6 Å². The molecular weight excluding hydrogens is 737 g/mol. The lowest BCUT2D eigenvalue weighted by atomic mass is 9.85. The number of hydrogen-bond donors (Lipinski definition) is 5. The van der Waals surface area contributed by atoms with Gasteiger partial charge >= 0.3 is 12.2 Å². The minimum atomic E-state index is -0.833.